The molecule has 8 heteroatoms. The molecule has 100 valence electrons. The molecule has 0 radical (unpaired) electrons. The average Bonchev–Trinajstić information content (AvgIpc) is 2.35. The molecule has 0 saturated carbocycles. The van der Waals surface area contributed by atoms with Crippen LogP contribution < -0.4 is 10.5 Å². The monoisotopic (exact) mass is 257 g/mol. The maximum Gasteiger partial charge on any atom is 0.334 e. The van der Waals surface area contributed by atoms with Crippen LogP contribution in [0.1, 0.15) is 17.2 Å². The van der Waals surface area contributed by atoms with Crippen LogP contribution >= 0.6 is 0 Å². The SMILES string of the molecule is COc1ncc(C(O)C(O)CN)c(C)c1[N+](=O)[O-]. The summed E-state index contributed by atoms with van der Waals surface area (Å²) >= 11 is 0. The van der Waals surface area contributed by atoms with Gasteiger partial charge in [-0.3, -0.25) is 10.1 Å². The Morgan fingerprint density at radius 2 is 2.22 bits per heavy atom. The summed E-state index contributed by atoms with van der Waals surface area (Å²) in [6.45, 7) is 1.28. The molecule has 1 aromatic rings. The van der Waals surface area contributed by atoms with E-state index in [4.69, 9.17) is 10.5 Å². The third-order valence-corrected chi connectivity index (χ3v) is 2.61. The molecule has 0 aliphatic carbocycles. The number of aliphatic hydroxyl groups excluding tert-OH is 2. The number of nitro groups is 1. The number of ether oxygens (including phenoxy) is 1. The zero-order chi connectivity index (χ0) is 13.9. The number of aliphatic hydroxyl groups is 2. The Morgan fingerprint density at radius 3 is 2.67 bits per heavy atom. The molecule has 0 aliphatic rings. The standard InChI is InChI=1S/C10H15N3O5/c1-5-6(9(15)7(14)3-11)4-12-10(18-2)8(5)13(16)17/h4,7,9,14-15H,3,11H2,1-2H3. The number of hydrogen-bond acceptors (Lipinski definition) is 7. The number of nitrogens with two attached hydrogens (primary N) is 1. The molecule has 2 atom stereocenters. The summed E-state index contributed by atoms with van der Waals surface area (Å²) in [4.78, 5) is 14.0. The molecule has 0 aliphatic heterocycles. The largest absolute Gasteiger partial charge is 0.476 e. The predicted molar refractivity (Wildman–Crippen MR) is 62.2 cm³/mol. The minimum Gasteiger partial charge on any atom is -0.476 e. The number of hydrogen-bond donors (Lipinski definition) is 3. The number of methoxy groups -OCH3 is 1. The third kappa shape index (κ3) is 2.55. The van der Waals surface area contributed by atoms with Crippen LogP contribution in [0.15, 0.2) is 6.20 Å². The lowest BCUT2D eigenvalue weighted by Gasteiger charge is -2.18. The van der Waals surface area contributed by atoms with E-state index in [0.29, 0.717) is 0 Å². The van der Waals surface area contributed by atoms with Crippen LogP contribution in [-0.4, -0.2) is 39.9 Å². The fourth-order valence-corrected chi connectivity index (χ4v) is 1.58. The first-order valence-corrected chi connectivity index (χ1v) is 5.18. The average molecular weight is 257 g/mol. The van der Waals surface area contributed by atoms with Gasteiger partial charge in [-0.25, -0.2) is 4.98 Å². The Balaban J connectivity index is 3.32. The molecular formula is C10H15N3O5. The van der Waals surface area contributed by atoms with Gasteiger partial charge < -0.3 is 20.7 Å². The maximum atomic E-state index is 10.9. The molecule has 2 unspecified atom stereocenters. The highest BCUT2D eigenvalue weighted by atomic mass is 16.6. The van der Waals surface area contributed by atoms with E-state index in [1.807, 2.05) is 0 Å². The summed E-state index contributed by atoms with van der Waals surface area (Å²) in [6.07, 6.45) is -1.31. The van der Waals surface area contributed by atoms with E-state index in [1.54, 1.807) is 0 Å². The van der Waals surface area contributed by atoms with Crippen molar-refractivity contribution in [1.82, 2.24) is 4.98 Å². The summed E-state index contributed by atoms with van der Waals surface area (Å²) in [5.74, 6) is -0.143. The molecule has 18 heavy (non-hydrogen) atoms. The summed E-state index contributed by atoms with van der Waals surface area (Å²) < 4.78 is 4.79. The molecule has 0 aromatic carbocycles. The summed E-state index contributed by atoms with van der Waals surface area (Å²) in [5, 5.41) is 30.2. The zero-order valence-electron chi connectivity index (χ0n) is 10.0. The van der Waals surface area contributed by atoms with E-state index >= 15 is 0 Å². The lowest BCUT2D eigenvalue weighted by molar-refractivity contribution is -0.386. The molecule has 0 spiro atoms. The van der Waals surface area contributed by atoms with E-state index < -0.39 is 17.1 Å². The first kappa shape index (κ1) is 14.3. The highest BCUT2D eigenvalue weighted by Crippen LogP contribution is 2.33. The fourth-order valence-electron chi connectivity index (χ4n) is 1.58. The second-order valence-electron chi connectivity index (χ2n) is 3.70. The lowest BCUT2D eigenvalue weighted by atomic mass is 10.0. The van der Waals surface area contributed by atoms with Gasteiger partial charge in [0, 0.05) is 23.9 Å². The summed E-state index contributed by atoms with van der Waals surface area (Å²) in [6, 6.07) is 0. The van der Waals surface area contributed by atoms with Crippen LogP contribution in [0.3, 0.4) is 0 Å². The van der Waals surface area contributed by atoms with Crippen molar-refractivity contribution >= 4 is 5.69 Å². The van der Waals surface area contributed by atoms with Gasteiger partial charge in [-0.15, -0.1) is 0 Å². The van der Waals surface area contributed by atoms with E-state index in [-0.39, 0.29) is 29.2 Å². The summed E-state index contributed by atoms with van der Waals surface area (Å²) in [5.41, 5.74) is 5.23. The van der Waals surface area contributed by atoms with Gasteiger partial charge in [0.15, 0.2) is 0 Å². The lowest BCUT2D eigenvalue weighted by Crippen LogP contribution is -2.28. The normalized spacial score (nSPS) is 14.1. The van der Waals surface area contributed by atoms with Crippen molar-refractivity contribution in [2.45, 2.75) is 19.1 Å². The zero-order valence-corrected chi connectivity index (χ0v) is 10.0. The first-order valence-electron chi connectivity index (χ1n) is 5.18. The molecule has 0 bridgehead atoms. The molecule has 1 heterocycles. The van der Waals surface area contributed by atoms with Gasteiger partial charge in [0.1, 0.15) is 6.10 Å². The quantitative estimate of drug-likeness (QED) is 0.485. The predicted octanol–water partition coefficient (Wildman–Crippen LogP) is -0.340. The van der Waals surface area contributed by atoms with E-state index in [9.17, 15) is 20.3 Å². The molecule has 0 amide bonds. The number of pyridine rings is 1. The van der Waals surface area contributed by atoms with Gasteiger partial charge in [0.05, 0.1) is 18.1 Å². The van der Waals surface area contributed by atoms with Crippen molar-refractivity contribution < 1.29 is 19.9 Å². The number of aromatic nitrogens is 1. The number of rotatable bonds is 5. The van der Waals surface area contributed by atoms with Crippen molar-refractivity contribution in [1.29, 1.82) is 0 Å². The second kappa shape index (κ2) is 5.71. The Hall–Kier alpha value is -1.77. The summed E-state index contributed by atoms with van der Waals surface area (Å²) in [7, 11) is 1.26. The Labute approximate surface area is 103 Å². The molecule has 4 N–H and O–H groups in total. The fraction of sp³-hybridized carbons (Fsp3) is 0.500. The molecular weight excluding hydrogens is 242 g/mol. The van der Waals surface area contributed by atoms with Gasteiger partial charge >= 0.3 is 5.69 Å². The highest BCUT2D eigenvalue weighted by molar-refractivity contribution is 5.51. The van der Waals surface area contributed by atoms with Crippen molar-refractivity contribution in [3.05, 3.63) is 27.4 Å². The molecule has 1 aromatic heterocycles. The smallest absolute Gasteiger partial charge is 0.334 e. The van der Waals surface area contributed by atoms with Gasteiger partial charge in [0.2, 0.25) is 0 Å². The van der Waals surface area contributed by atoms with Gasteiger partial charge in [-0.05, 0) is 6.92 Å². The Bertz CT molecular complexity index is 451. The minimum atomic E-state index is -1.33. The maximum absolute atomic E-state index is 10.9. The van der Waals surface area contributed by atoms with Crippen LogP contribution in [0, 0.1) is 17.0 Å². The van der Waals surface area contributed by atoms with Gasteiger partial charge in [-0.1, -0.05) is 0 Å². The molecule has 0 fully saturated rings. The van der Waals surface area contributed by atoms with Crippen LogP contribution in [-0.2, 0) is 0 Å². The van der Waals surface area contributed by atoms with E-state index in [2.05, 4.69) is 4.98 Å². The molecule has 1 rings (SSSR count). The van der Waals surface area contributed by atoms with Crippen molar-refractivity contribution in [2.24, 2.45) is 5.73 Å². The minimum absolute atomic E-state index is 0.143. The van der Waals surface area contributed by atoms with Gasteiger partial charge in [-0.2, -0.15) is 0 Å². The van der Waals surface area contributed by atoms with Crippen molar-refractivity contribution in [2.75, 3.05) is 13.7 Å². The van der Waals surface area contributed by atoms with Crippen LogP contribution in [0.5, 0.6) is 5.88 Å². The Kier molecular flexibility index (Phi) is 4.54. The Morgan fingerprint density at radius 1 is 1.61 bits per heavy atom. The second-order valence-corrected chi connectivity index (χ2v) is 3.70. The topological polar surface area (TPSA) is 132 Å². The van der Waals surface area contributed by atoms with Crippen molar-refractivity contribution in [3.63, 3.8) is 0 Å². The number of nitrogens with zero attached hydrogens (tertiary/aromatic N) is 2. The van der Waals surface area contributed by atoms with Crippen LogP contribution in [0.25, 0.3) is 0 Å². The van der Waals surface area contributed by atoms with Crippen LogP contribution in [0.2, 0.25) is 0 Å². The van der Waals surface area contributed by atoms with Gasteiger partial charge in [0.25, 0.3) is 5.88 Å². The molecule has 8 nitrogen and oxygen atoms in total. The van der Waals surface area contributed by atoms with Crippen LogP contribution in [0.4, 0.5) is 5.69 Å². The highest BCUT2D eigenvalue weighted by Gasteiger charge is 2.28. The third-order valence-electron chi connectivity index (χ3n) is 2.61. The van der Waals surface area contributed by atoms with E-state index in [0.717, 1.165) is 0 Å². The first-order chi connectivity index (χ1) is 8.43. The van der Waals surface area contributed by atoms with E-state index in [1.165, 1.54) is 20.2 Å². The van der Waals surface area contributed by atoms with Crippen molar-refractivity contribution in [3.8, 4) is 5.88 Å². The molecule has 0 saturated heterocycles.